The monoisotopic (exact) mass is 320 g/mol. The Labute approximate surface area is 134 Å². The number of nitrogen functional groups attached to an aromatic ring is 1. The van der Waals surface area contributed by atoms with E-state index in [1.807, 2.05) is 30.9 Å². The van der Waals surface area contributed by atoms with E-state index in [1.54, 1.807) is 4.68 Å². The molecule has 1 fully saturated rings. The molecule has 0 amide bonds. The molecule has 7 nitrogen and oxygen atoms in total. The first kappa shape index (κ1) is 14.8. The van der Waals surface area contributed by atoms with E-state index < -0.39 is 0 Å². The van der Waals surface area contributed by atoms with E-state index in [0.29, 0.717) is 16.9 Å². The number of hydrogen-bond donors (Lipinski definition) is 1. The zero-order valence-electron chi connectivity index (χ0n) is 12.7. The van der Waals surface area contributed by atoms with Gasteiger partial charge in [-0.05, 0) is 0 Å². The van der Waals surface area contributed by atoms with Crippen LogP contribution in [0.3, 0.4) is 0 Å². The molecule has 0 saturated carbocycles. The molecule has 0 spiro atoms. The van der Waals surface area contributed by atoms with Gasteiger partial charge in [-0.3, -0.25) is 4.68 Å². The lowest BCUT2D eigenvalue weighted by atomic mass is 10.2. The van der Waals surface area contributed by atoms with E-state index in [4.69, 9.17) is 17.3 Å². The van der Waals surface area contributed by atoms with E-state index in [2.05, 4.69) is 26.7 Å². The van der Waals surface area contributed by atoms with Crippen molar-refractivity contribution in [3.8, 4) is 11.3 Å². The summed E-state index contributed by atoms with van der Waals surface area (Å²) in [5.74, 6) is 1.05. The lowest BCUT2D eigenvalue weighted by Crippen LogP contribution is -2.27. The van der Waals surface area contributed by atoms with Gasteiger partial charge in [-0.2, -0.15) is 10.1 Å². The average molecular weight is 321 g/mol. The summed E-state index contributed by atoms with van der Waals surface area (Å²) in [5, 5.41) is 4.54. The quantitative estimate of drug-likeness (QED) is 0.675. The van der Waals surface area contributed by atoms with Crippen LogP contribution in [-0.4, -0.2) is 57.2 Å². The van der Waals surface area contributed by atoms with Crippen LogP contribution in [0.25, 0.3) is 11.3 Å². The summed E-state index contributed by atoms with van der Waals surface area (Å²) >= 11 is 6.15. The molecule has 22 heavy (non-hydrogen) atoms. The largest absolute Gasteiger partial charge is 0.368 e. The number of hydrogen-bond acceptors (Lipinski definition) is 5. The van der Waals surface area contributed by atoms with Crippen LogP contribution in [0.5, 0.6) is 0 Å². The molecule has 2 aromatic rings. The molecule has 0 aliphatic carbocycles. The number of likely N-dealkylation sites (N-methyl/N-ethyl adjacent to an activating group) is 1. The van der Waals surface area contributed by atoms with Crippen LogP contribution in [-0.2, 0) is 7.05 Å². The summed E-state index contributed by atoms with van der Waals surface area (Å²) < 4.78 is 3.64. The molecule has 2 aromatic heterocycles. The number of nitrogens with two attached hydrogens (primary N) is 1. The van der Waals surface area contributed by atoms with Crippen molar-refractivity contribution in [1.29, 1.82) is 0 Å². The fourth-order valence-corrected chi connectivity index (χ4v) is 2.96. The Morgan fingerprint density at radius 3 is 2.82 bits per heavy atom. The topological polar surface area (TPSA) is 75.9 Å². The number of aryl methyl sites for hydroxylation is 1. The van der Waals surface area contributed by atoms with Crippen LogP contribution >= 0.6 is 11.6 Å². The molecule has 116 valence electrons. The van der Waals surface area contributed by atoms with Crippen LogP contribution in [0, 0.1) is 0 Å². The molecule has 3 rings (SSSR count). The van der Waals surface area contributed by atoms with Crippen molar-refractivity contribution in [1.82, 2.24) is 19.7 Å². The summed E-state index contributed by atoms with van der Waals surface area (Å²) in [6.45, 7) is 5.76. The van der Waals surface area contributed by atoms with E-state index in [-0.39, 0.29) is 5.95 Å². The van der Waals surface area contributed by atoms with E-state index in [1.165, 1.54) is 0 Å². The molecule has 1 aliphatic heterocycles. The highest BCUT2D eigenvalue weighted by atomic mass is 35.5. The van der Waals surface area contributed by atoms with Gasteiger partial charge in [-0.1, -0.05) is 11.6 Å². The Bertz CT molecular complexity index is 724. The van der Waals surface area contributed by atoms with Crippen molar-refractivity contribution >= 4 is 30.1 Å². The highest BCUT2D eigenvalue weighted by Gasteiger charge is 2.29. The summed E-state index contributed by atoms with van der Waals surface area (Å²) in [4.78, 5) is 10.8. The molecule has 3 heterocycles. The minimum atomic E-state index is 0.235. The van der Waals surface area contributed by atoms with Gasteiger partial charge in [0.25, 0.3) is 0 Å². The lowest BCUT2D eigenvalue weighted by molar-refractivity contribution is -0.524. The van der Waals surface area contributed by atoms with Crippen LogP contribution in [0.2, 0.25) is 5.15 Å². The van der Waals surface area contributed by atoms with Gasteiger partial charge in [0.05, 0.1) is 17.8 Å². The highest BCUT2D eigenvalue weighted by Crippen LogP contribution is 2.29. The number of rotatable bonds is 3. The molecule has 1 aliphatic rings. The zero-order valence-corrected chi connectivity index (χ0v) is 13.5. The van der Waals surface area contributed by atoms with Crippen molar-refractivity contribution in [2.45, 2.75) is 12.5 Å². The molecule has 2 N–H and O–H groups in total. The van der Waals surface area contributed by atoms with Gasteiger partial charge in [0.15, 0.2) is 11.2 Å². The second-order valence-electron chi connectivity index (χ2n) is 5.62. The fraction of sp³-hybridized carbons (Fsp3) is 0.429. The Kier molecular flexibility index (Phi) is 3.74. The molecular formula is C14H19ClN7+. The van der Waals surface area contributed by atoms with Gasteiger partial charge < -0.3 is 10.6 Å². The predicted molar refractivity (Wildman–Crippen MR) is 87.6 cm³/mol. The van der Waals surface area contributed by atoms with Gasteiger partial charge in [0.1, 0.15) is 19.6 Å². The maximum absolute atomic E-state index is 6.15. The van der Waals surface area contributed by atoms with Crippen LogP contribution in [0.1, 0.15) is 6.42 Å². The Hall–Kier alpha value is -2.15. The molecule has 0 unspecified atom stereocenters. The summed E-state index contributed by atoms with van der Waals surface area (Å²) in [6.07, 6.45) is 2.87. The third kappa shape index (κ3) is 2.76. The Balaban J connectivity index is 1.94. The van der Waals surface area contributed by atoms with Gasteiger partial charge in [-0.25, -0.2) is 9.56 Å². The Morgan fingerprint density at radius 2 is 2.23 bits per heavy atom. The van der Waals surface area contributed by atoms with Crippen LogP contribution in [0.15, 0.2) is 12.3 Å². The fourth-order valence-electron chi connectivity index (χ4n) is 2.70. The second-order valence-corrected chi connectivity index (χ2v) is 5.98. The molecule has 0 radical (unpaired) electrons. The standard InChI is InChI=1S/C14H19ClN7/c1-20(2)9-4-5-22(7-9)12-6-11(17-14(16)18-12)10-8-21(3)19-13(10)15/h6,8-9H,1,4-5,7H2,2-3H3,(H2,16,17,18)/q+1/t9-/m1/s1. The van der Waals surface area contributed by atoms with Gasteiger partial charge >= 0.3 is 0 Å². The molecule has 1 atom stereocenters. The maximum Gasteiger partial charge on any atom is 0.222 e. The Morgan fingerprint density at radius 1 is 1.45 bits per heavy atom. The van der Waals surface area contributed by atoms with Gasteiger partial charge in [-0.15, -0.1) is 0 Å². The van der Waals surface area contributed by atoms with Crippen molar-refractivity contribution in [3.05, 3.63) is 17.4 Å². The molecule has 1 saturated heterocycles. The molecular weight excluding hydrogens is 302 g/mol. The third-order valence-electron chi connectivity index (χ3n) is 3.90. The van der Waals surface area contributed by atoms with E-state index in [0.717, 1.165) is 30.9 Å². The van der Waals surface area contributed by atoms with Crippen molar-refractivity contribution in [2.75, 3.05) is 30.8 Å². The first-order chi connectivity index (χ1) is 10.4. The van der Waals surface area contributed by atoms with Crippen molar-refractivity contribution < 1.29 is 4.58 Å². The number of halogens is 1. The number of anilines is 2. The number of aromatic nitrogens is 4. The van der Waals surface area contributed by atoms with Crippen LogP contribution < -0.4 is 10.6 Å². The second kappa shape index (κ2) is 5.57. The third-order valence-corrected chi connectivity index (χ3v) is 4.18. The van der Waals surface area contributed by atoms with Gasteiger partial charge in [0, 0.05) is 32.3 Å². The summed E-state index contributed by atoms with van der Waals surface area (Å²) in [5.41, 5.74) is 7.32. The number of nitrogens with zero attached hydrogens (tertiary/aromatic N) is 6. The normalized spacial score (nSPS) is 18.0. The first-order valence-electron chi connectivity index (χ1n) is 7.06. The maximum atomic E-state index is 6.15. The van der Waals surface area contributed by atoms with Gasteiger partial charge in [0.2, 0.25) is 5.95 Å². The minimum absolute atomic E-state index is 0.235. The van der Waals surface area contributed by atoms with Crippen molar-refractivity contribution in [3.63, 3.8) is 0 Å². The highest BCUT2D eigenvalue weighted by molar-refractivity contribution is 6.32. The first-order valence-corrected chi connectivity index (χ1v) is 7.44. The average Bonchev–Trinajstić information content (AvgIpc) is 3.05. The minimum Gasteiger partial charge on any atom is -0.368 e. The van der Waals surface area contributed by atoms with E-state index in [9.17, 15) is 0 Å². The molecule has 0 bridgehead atoms. The molecule has 8 heteroatoms. The lowest BCUT2D eigenvalue weighted by Gasteiger charge is -2.17. The predicted octanol–water partition coefficient (Wildman–Crippen LogP) is 1.03. The van der Waals surface area contributed by atoms with Crippen LogP contribution in [0.4, 0.5) is 11.8 Å². The SMILES string of the molecule is C=[N+](C)[C@@H]1CCN(c2cc(-c3cn(C)nc3Cl)nc(N)n2)C1. The summed E-state index contributed by atoms with van der Waals surface area (Å²) in [7, 11) is 3.80. The smallest absolute Gasteiger partial charge is 0.222 e. The van der Waals surface area contributed by atoms with Crippen molar-refractivity contribution in [2.24, 2.45) is 7.05 Å². The zero-order chi connectivity index (χ0) is 15.9. The summed E-state index contributed by atoms with van der Waals surface area (Å²) in [6, 6.07) is 2.33. The van der Waals surface area contributed by atoms with E-state index >= 15 is 0 Å². The molecule has 0 aromatic carbocycles.